The van der Waals surface area contributed by atoms with E-state index in [1.54, 1.807) is 0 Å². The molecular weight excluding hydrogens is 168 g/mol. The molecule has 14 heavy (non-hydrogen) atoms. The highest BCUT2D eigenvalue weighted by molar-refractivity contribution is 5.03. The molecule has 0 spiro atoms. The van der Waals surface area contributed by atoms with Crippen molar-refractivity contribution >= 4 is 0 Å². The third kappa shape index (κ3) is 6.47. The molecule has 0 N–H and O–H groups in total. The molecule has 1 aliphatic carbocycles. The standard InChI is InChI=1S/C14H19/c1-2-4-6-8-10-12-14-13-11-9-7-5-3-1/h1-4,9,13-14H,5-8,10,12H2/b3-1+,4-2-,11-9?,14-13+. The van der Waals surface area contributed by atoms with Crippen molar-refractivity contribution in [1.82, 2.24) is 0 Å². The Balaban J connectivity index is 2.34. The number of hydrogen-bond acceptors (Lipinski definition) is 0. The van der Waals surface area contributed by atoms with E-state index in [9.17, 15) is 0 Å². The summed E-state index contributed by atoms with van der Waals surface area (Å²) in [6.45, 7) is 0. The zero-order valence-electron chi connectivity index (χ0n) is 8.78. The fourth-order valence-electron chi connectivity index (χ4n) is 1.36. The van der Waals surface area contributed by atoms with E-state index in [1.165, 1.54) is 25.7 Å². The van der Waals surface area contributed by atoms with Gasteiger partial charge in [-0.05, 0) is 44.6 Å². The number of allylic oxidation sites excluding steroid dienone is 8. The Morgan fingerprint density at radius 2 is 1.43 bits per heavy atom. The molecule has 1 radical (unpaired) electrons. The normalized spacial score (nSPS) is 28.6. The Morgan fingerprint density at radius 1 is 0.714 bits per heavy atom. The van der Waals surface area contributed by atoms with Gasteiger partial charge in [0, 0.05) is 0 Å². The highest BCUT2D eigenvalue weighted by atomic mass is 13.9. The fourth-order valence-corrected chi connectivity index (χ4v) is 1.36. The molecule has 1 aliphatic rings. The molecule has 1 rings (SSSR count). The van der Waals surface area contributed by atoms with E-state index in [1.807, 2.05) is 6.08 Å². The van der Waals surface area contributed by atoms with Crippen molar-refractivity contribution < 1.29 is 0 Å². The molecule has 0 aromatic rings. The van der Waals surface area contributed by atoms with Crippen molar-refractivity contribution in [1.29, 1.82) is 0 Å². The maximum absolute atomic E-state index is 3.18. The summed E-state index contributed by atoms with van der Waals surface area (Å²) in [6.07, 6.45) is 25.5. The first-order valence-corrected chi connectivity index (χ1v) is 5.54. The molecule has 0 saturated heterocycles. The van der Waals surface area contributed by atoms with Crippen molar-refractivity contribution in [3.05, 3.63) is 48.6 Å². The van der Waals surface area contributed by atoms with Crippen LogP contribution in [-0.2, 0) is 0 Å². The van der Waals surface area contributed by atoms with Gasteiger partial charge < -0.3 is 0 Å². The molecule has 0 aliphatic heterocycles. The van der Waals surface area contributed by atoms with Gasteiger partial charge in [0.05, 0.1) is 0 Å². The zero-order chi connectivity index (χ0) is 9.90. The van der Waals surface area contributed by atoms with Crippen LogP contribution in [-0.4, -0.2) is 0 Å². The Hall–Kier alpha value is -1.04. The largest absolute Gasteiger partial charge is 0.0845 e. The Labute approximate surface area is 87.7 Å². The summed E-state index contributed by atoms with van der Waals surface area (Å²) in [5.41, 5.74) is 0. The predicted molar refractivity (Wildman–Crippen MR) is 62.9 cm³/mol. The van der Waals surface area contributed by atoms with Crippen LogP contribution >= 0.6 is 0 Å². The van der Waals surface area contributed by atoms with Crippen LogP contribution in [0.3, 0.4) is 0 Å². The van der Waals surface area contributed by atoms with Crippen molar-refractivity contribution in [2.24, 2.45) is 0 Å². The second-order valence-corrected chi connectivity index (χ2v) is 3.49. The van der Waals surface area contributed by atoms with E-state index in [0.717, 1.165) is 12.8 Å². The first-order chi connectivity index (χ1) is 7.00. The van der Waals surface area contributed by atoms with E-state index in [0.29, 0.717) is 0 Å². The molecule has 0 amide bonds. The Bertz CT molecular complexity index is 202. The van der Waals surface area contributed by atoms with Gasteiger partial charge in [-0.25, -0.2) is 0 Å². The van der Waals surface area contributed by atoms with Crippen LogP contribution in [0.1, 0.15) is 38.5 Å². The molecule has 0 atom stereocenters. The summed E-state index contributed by atoms with van der Waals surface area (Å²) < 4.78 is 0. The van der Waals surface area contributed by atoms with Crippen molar-refractivity contribution in [3.8, 4) is 0 Å². The summed E-state index contributed by atoms with van der Waals surface area (Å²) in [5.74, 6) is 0. The Morgan fingerprint density at radius 3 is 2.29 bits per heavy atom. The highest BCUT2D eigenvalue weighted by Crippen LogP contribution is 2.03. The molecule has 0 aromatic carbocycles. The third-order valence-electron chi connectivity index (χ3n) is 2.18. The van der Waals surface area contributed by atoms with Crippen molar-refractivity contribution in [2.75, 3.05) is 0 Å². The number of hydrogen-bond donors (Lipinski definition) is 0. The molecule has 0 nitrogen and oxygen atoms in total. The van der Waals surface area contributed by atoms with Crippen LogP contribution in [0.15, 0.2) is 42.5 Å². The molecule has 75 valence electrons. The van der Waals surface area contributed by atoms with Gasteiger partial charge in [0.1, 0.15) is 0 Å². The molecule has 0 saturated carbocycles. The minimum atomic E-state index is 1.09. The molecule has 0 fully saturated rings. The molecule has 0 bridgehead atoms. The lowest BCUT2D eigenvalue weighted by molar-refractivity contribution is 0.762. The minimum absolute atomic E-state index is 1.09. The van der Waals surface area contributed by atoms with E-state index in [4.69, 9.17) is 0 Å². The minimum Gasteiger partial charge on any atom is -0.0845 e. The molecule has 0 unspecified atom stereocenters. The van der Waals surface area contributed by atoms with E-state index in [2.05, 4.69) is 42.5 Å². The average Bonchev–Trinajstić information content (AvgIpc) is 2.22. The lowest BCUT2D eigenvalue weighted by atomic mass is 10.1. The lowest BCUT2D eigenvalue weighted by Gasteiger charge is -1.92. The quantitative estimate of drug-likeness (QED) is 0.528. The lowest BCUT2D eigenvalue weighted by Crippen LogP contribution is -1.72. The molecule has 0 heteroatoms. The Kier molecular flexibility index (Phi) is 6.74. The van der Waals surface area contributed by atoms with Gasteiger partial charge >= 0.3 is 0 Å². The van der Waals surface area contributed by atoms with Crippen LogP contribution in [0, 0.1) is 6.08 Å². The molecular formula is C14H19. The first-order valence-electron chi connectivity index (χ1n) is 5.54. The van der Waals surface area contributed by atoms with Gasteiger partial charge in [-0.15, -0.1) is 0 Å². The maximum atomic E-state index is 3.18. The van der Waals surface area contributed by atoms with Gasteiger partial charge in [-0.3, -0.25) is 0 Å². The van der Waals surface area contributed by atoms with Gasteiger partial charge in [-0.1, -0.05) is 42.5 Å². The summed E-state index contributed by atoms with van der Waals surface area (Å²) in [4.78, 5) is 0. The van der Waals surface area contributed by atoms with Crippen molar-refractivity contribution in [2.45, 2.75) is 38.5 Å². The molecule has 0 aromatic heterocycles. The van der Waals surface area contributed by atoms with Crippen LogP contribution in [0.4, 0.5) is 0 Å². The van der Waals surface area contributed by atoms with Crippen LogP contribution in [0.25, 0.3) is 0 Å². The highest BCUT2D eigenvalue weighted by Gasteiger charge is 1.83. The van der Waals surface area contributed by atoms with E-state index in [-0.39, 0.29) is 0 Å². The third-order valence-corrected chi connectivity index (χ3v) is 2.18. The van der Waals surface area contributed by atoms with E-state index >= 15 is 0 Å². The fraction of sp³-hybridized carbons (Fsp3) is 0.429. The topological polar surface area (TPSA) is 0 Å². The van der Waals surface area contributed by atoms with Gasteiger partial charge in [0.2, 0.25) is 0 Å². The first kappa shape index (κ1) is 11.0. The summed E-state index contributed by atoms with van der Waals surface area (Å²) in [7, 11) is 0. The van der Waals surface area contributed by atoms with Crippen LogP contribution in [0.5, 0.6) is 0 Å². The van der Waals surface area contributed by atoms with Gasteiger partial charge in [0.15, 0.2) is 0 Å². The van der Waals surface area contributed by atoms with Crippen molar-refractivity contribution in [3.63, 3.8) is 0 Å². The predicted octanol–water partition coefficient (Wildman–Crippen LogP) is 4.37. The van der Waals surface area contributed by atoms with Crippen LogP contribution < -0.4 is 0 Å². The average molecular weight is 187 g/mol. The molecule has 0 heterocycles. The monoisotopic (exact) mass is 187 g/mol. The van der Waals surface area contributed by atoms with Crippen LogP contribution in [0.2, 0.25) is 0 Å². The second-order valence-electron chi connectivity index (χ2n) is 3.49. The van der Waals surface area contributed by atoms with E-state index < -0.39 is 0 Å². The van der Waals surface area contributed by atoms with Gasteiger partial charge in [-0.2, -0.15) is 0 Å². The summed E-state index contributed by atoms with van der Waals surface area (Å²) >= 11 is 0. The number of rotatable bonds is 0. The maximum Gasteiger partial charge on any atom is -0.0230 e. The van der Waals surface area contributed by atoms with Gasteiger partial charge in [0.25, 0.3) is 0 Å². The summed E-state index contributed by atoms with van der Waals surface area (Å²) in [6, 6.07) is 0. The summed E-state index contributed by atoms with van der Waals surface area (Å²) in [5, 5.41) is 0. The second kappa shape index (κ2) is 8.55. The smallest absolute Gasteiger partial charge is 0.0230 e. The SMILES string of the molecule is [C]1=C/CC/C=C/C=C\CCCC/C=C/1. The zero-order valence-corrected chi connectivity index (χ0v) is 8.78.